The molecule has 1 aromatic carbocycles. The van der Waals surface area contributed by atoms with Crippen LogP contribution in [0.1, 0.15) is 27.6 Å². The number of carbonyl (C=O) groups is 3. The lowest BCUT2D eigenvalue weighted by Gasteiger charge is -2.23. The second kappa shape index (κ2) is 7.36. The van der Waals surface area contributed by atoms with Crippen molar-refractivity contribution in [2.24, 2.45) is 0 Å². The molecular formula is C11H8I3NO6. The van der Waals surface area contributed by atoms with Crippen LogP contribution in [0.5, 0.6) is 0 Å². The topological polar surface area (TPSA) is 104 Å². The highest BCUT2D eigenvalue weighted by Crippen LogP contribution is 2.38. The molecule has 10 heteroatoms. The van der Waals surface area contributed by atoms with Crippen molar-refractivity contribution in [3.63, 3.8) is 0 Å². The average Bonchev–Trinajstić information content (AvgIpc) is 2.32. The Bertz CT molecular complexity index is 604. The lowest BCUT2D eigenvalue weighted by Crippen LogP contribution is -2.30. The van der Waals surface area contributed by atoms with E-state index >= 15 is 0 Å². The highest BCUT2D eigenvalue weighted by atomic mass is 127. The molecule has 0 saturated heterocycles. The first kappa shape index (κ1) is 18.8. The molecule has 0 aliphatic rings. The molecule has 114 valence electrons. The van der Waals surface area contributed by atoms with E-state index in [2.05, 4.69) is 0 Å². The fourth-order valence-corrected chi connectivity index (χ4v) is 6.11. The van der Waals surface area contributed by atoms with Gasteiger partial charge in [0.1, 0.15) is 5.69 Å². The molecule has 0 unspecified atom stereocenters. The number of hydroxylamine groups is 1. The molecule has 1 rings (SSSR count). The average molecular weight is 631 g/mol. The van der Waals surface area contributed by atoms with Crippen LogP contribution in [0.15, 0.2) is 0 Å². The molecule has 1 aromatic rings. The van der Waals surface area contributed by atoms with Gasteiger partial charge in [-0.2, -0.15) is 5.06 Å². The molecular weight excluding hydrogens is 623 g/mol. The molecule has 2 N–H and O–H groups in total. The van der Waals surface area contributed by atoms with Crippen LogP contribution in [0, 0.1) is 10.7 Å². The number of nitrogens with zero attached hydrogens (tertiary/aromatic N) is 1. The normalized spacial score (nSPS) is 10.3. The second-order valence-corrected chi connectivity index (χ2v) is 6.88. The monoisotopic (exact) mass is 631 g/mol. The van der Waals surface area contributed by atoms with Crippen LogP contribution in [0.4, 0.5) is 5.69 Å². The van der Waals surface area contributed by atoms with E-state index in [0.717, 1.165) is 5.06 Å². The van der Waals surface area contributed by atoms with Crippen LogP contribution in [0.3, 0.4) is 0 Å². The standard InChI is InChI=1S/C11H8I3NO6/c1-3(16)15(21-2)9-7(13)4(10(17)18)6(12)5(8(9)14)11(19)20/h1-2H3,(H,17,18)(H,19,20). The third-order valence-electron chi connectivity index (χ3n) is 2.39. The van der Waals surface area contributed by atoms with Gasteiger partial charge in [-0.1, -0.05) is 0 Å². The van der Waals surface area contributed by atoms with Gasteiger partial charge in [0.2, 0.25) is 5.91 Å². The molecule has 0 aliphatic carbocycles. The number of benzene rings is 1. The van der Waals surface area contributed by atoms with Crippen molar-refractivity contribution in [3.8, 4) is 0 Å². The van der Waals surface area contributed by atoms with E-state index < -0.39 is 17.8 Å². The fourth-order valence-electron chi connectivity index (χ4n) is 1.58. The van der Waals surface area contributed by atoms with Gasteiger partial charge >= 0.3 is 11.9 Å². The second-order valence-electron chi connectivity index (χ2n) is 3.65. The summed E-state index contributed by atoms with van der Waals surface area (Å²) in [4.78, 5) is 39.4. The Hall–Kier alpha value is -0.220. The summed E-state index contributed by atoms with van der Waals surface area (Å²) in [6, 6.07) is 0. The molecule has 7 nitrogen and oxygen atoms in total. The van der Waals surface area contributed by atoms with Crippen LogP contribution in [-0.2, 0) is 9.63 Å². The smallest absolute Gasteiger partial charge is 0.337 e. The van der Waals surface area contributed by atoms with Gasteiger partial charge in [0.15, 0.2) is 0 Å². The largest absolute Gasteiger partial charge is 0.478 e. The first-order valence-corrected chi connectivity index (χ1v) is 8.40. The van der Waals surface area contributed by atoms with Gasteiger partial charge < -0.3 is 10.2 Å². The molecule has 0 spiro atoms. The van der Waals surface area contributed by atoms with Gasteiger partial charge in [-0.25, -0.2) is 9.59 Å². The fraction of sp³-hybridized carbons (Fsp3) is 0.182. The molecule has 21 heavy (non-hydrogen) atoms. The van der Waals surface area contributed by atoms with Gasteiger partial charge in [0.05, 0.1) is 25.4 Å². The molecule has 0 radical (unpaired) electrons. The van der Waals surface area contributed by atoms with Crippen molar-refractivity contribution < 1.29 is 29.4 Å². The van der Waals surface area contributed by atoms with Crippen molar-refractivity contribution in [3.05, 3.63) is 21.8 Å². The van der Waals surface area contributed by atoms with Gasteiger partial charge in [0.25, 0.3) is 0 Å². The molecule has 0 fully saturated rings. The molecule has 0 atom stereocenters. The van der Waals surface area contributed by atoms with Crippen molar-refractivity contribution >= 4 is 91.3 Å². The van der Waals surface area contributed by atoms with Crippen molar-refractivity contribution in [2.75, 3.05) is 12.2 Å². The van der Waals surface area contributed by atoms with E-state index in [-0.39, 0.29) is 27.5 Å². The Kier molecular flexibility index (Phi) is 6.60. The summed E-state index contributed by atoms with van der Waals surface area (Å²) in [6.45, 7) is 1.23. The summed E-state index contributed by atoms with van der Waals surface area (Å²) < 4.78 is 0.566. The number of anilines is 1. The van der Waals surface area contributed by atoms with E-state index in [1.54, 1.807) is 67.8 Å². The summed E-state index contributed by atoms with van der Waals surface area (Å²) in [7, 11) is 1.24. The number of carboxylic acids is 2. The van der Waals surface area contributed by atoms with Crippen molar-refractivity contribution in [1.29, 1.82) is 0 Å². The quantitative estimate of drug-likeness (QED) is 0.392. The molecule has 0 saturated carbocycles. The third kappa shape index (κ3) is 3.58. The summed E-state index contributed by atoms with van der Waals surface area (Å²) in [5.74, 6) is -3.05. The number of carboxylic acid groups (broad SMARTS) is 2. The lowest BCUT2D eigenvalue weighted by molar-refractivity contribution is -0.122. The van der Waals surface area contributed by atoms with E-state index in [9.17, 15) is 24.6 Å². The maximum Gasteiger partial charge on any atom is 0.337 e. The maximum atomic E-state index is 11.6. The number of rotatable bonds is 4. The summed E-state index contributed by atoms with van der Waals surface area (Å²) in [5.41, 5.74) is -0.235. The van der Waals surface area contributed by atoms with E-state index in [0.29, 0.717) is 0 Å². The Balaban J connectivity index is 3.92. The van der Waals surface area contributed by atoms with Crippen molar-refractivity contribution in [1.82, 2.24) is 0 Å². The van der Waals surface area contributed by atoms with Crippen LogP contribution in [0.2, 0.25) is 0 Å². The molecule has 1 amide bonds. The first-order chi connectivity index (χ1) is 9.64. The SMILES string of the molecule is CON(C(C)=O)c1c(I)c(C(=O)O)c(I)c(C(=O)O)c1I. The van der Waals surface area contributed by atoms with Crippen molar-refractivity contribution in [2.45, 2.75) is 6.92 Å². The van der Waals surface area contributed by atoms with Gasteiger partial charge in [-0.15, -0.1) is 0 Å². The Morgan fingerprint density at radius 2 is 1.33 bits per heavy atom. The van der Waals surface area contributed by atoms with Gasteiger partial charge in [0, 0.05) is 10.5 Å². The number of carbonyl (C=O) groups excluding carboxylic acids is 1. The lowest BCUT2D eigenvalue weighted by atomic mass is 10.1. The summed E-state index contributed by atoms with van der Waals surface area (Å²) in [5, 5.41) is 19.5. The van der Waals surface area contributed by atoms with E-state index in [4.69, 9.17) is 4.84 Å². The number of aromatic carboxylic acids is 2. The summed E-state index contributed by atoms with van der Waals surface area (Å²) >= 11 is 5.20. The first-order valence-electron chi connectivity index (χ1n) is 5.16. The van der Waals surface area contributed by atoms with E-state index in [1.165, 1.54) is 14.0 Å². The predicted octanol–water partition coefficient (Wildman–Crippen LogP) is 2.81. The number of hydrogen-bond acceptors (Lipinski definition) is 4. The molecule has 0 aliphatic heterocycles. The molecule has 0 bridgehead atoms. The van der Waals surface area contributed by atoms with Crippen LogP contribution >= 0.6 is 67.8 Å². The summed E-state index contributed by atoms with van der Waals surface area (Å²) in [6.07, 6.45) is 0. The molecule has 0 aromatic heterocycles. The maximum absolute atomic E-state index is 11.6. The minimum absolute atomic E-state index is 0.102. The van der Waals surface area contributed by atoms with Gasteiger partial charge in [-0.05, 0) is 67.8 Å². The Morgan fingerprint density at radius 1 is 0.952 bits per heavy atom. The van der Waals surface area contributed by atoms with E-state index in [1.807, 2.05) is 0 Å². The number of amides is 1. The zero-order valence-electron chi connectivity index (χ0n) is 10.6. The zero-order chi connectivity index (χ0) is 16.5. The Labute approximate surface area is 160 Å². The minimum Gasteiger partial charge on any atom is -0.478 e. The molecule has 0 heterocycles. The number of hydrogen-bond donors (Lipinski definition) is 2. The minimum atomic E-state index is -1.27. The number of halogens is 3. The van der Waals surface area contributed by atoms with Crippen LogP contribution in [0.25, 0.3) is 0 Å². The van der Waals surface area contributed by atoms with Crippen LogP contribution in [-0.4, -0.2) is 35.2 Å². The van der Waals surface area contributed by atoms with Crippen LogP contribution < -0.4 is 5.06 Å². The highest BCUT2D eigenvalue weighted by molar-refractivity contribution is 14.1. The van der Waals surface area contributed by atoms with Gasteiger partial charge in [-0.3, -0.25) is 9.63 Å². The third-order valence-corrected chi connectivity index (χ3v) is 5.57. The predicted molar refractivity (Wildman–Crippen MR) is 98.7 cm³/mol. The highest BCUT2D eigenvalue weighted by Gasteiger charge is 2.31. The Morgan fingerprint density at radius 3 is 1.57 bits per heavy atom. The zero-order valence-corrected chi connectivity index (χ0v) is 17.1.